The topological polar surface area (TPSA) is 44.1 Å². The highest BCUT2D eigenvalue weighted by molar-refractivity contribution is 5.79. The number of likely N-dealkylation sites (tertiary alicyclic amines) is 1. The van der Waals surface area contributed by atoms with E-state index in [9.17, 15) is 4.79 Å². The molecule has 0 N–H and O–H groups in total. The van der Waals surface area contributed by atoms with Gasteiger partial charge in [0.25, 0.3) is 0 Å². The number of nitriles is 1. The third kappa shape index (κ3) is 3.07. The van der Waals surface area contributed by atoms with Crippen molar-refractivity contribution in [1.29, 1.82) is 5.26 Å². The fraction of sp³-hybridized carbons (Fsp3) is 0.429. The van der Waals surface area contributed by atoms with Crippen molar-refractivity contribution < 1.29 is 4.79 Å². The van der Waals surface area contributed by atoms with Gasteiger partial charge in [-0.3, -0.25) is 4.79 Å². The monoisotopic (exact) mass is 228 g/mol. The maximum atomic E-state index is 11.6. The van der Waals surface area contributed by atoms with Crippen LogP contribution in [0.5, 0.6) is 0 Å². The quantitative estimate of drug-likeness (QED) is 0.791. The van der Waals surface area contributed by atoms with Crippen molar-refractivity contribution in [2.45, 2.75) is 19.3 Å². The molecule has 0 spiro atoms. The van der Waals surface area contributed by atoms with E-state index in [2.05, 4.69) is 18.2 Å². The fourth-order valence-electron chi connectivity index (χ4n) is 2.19. The summed E-state index contributed by atoms with van der Waals surface area (Å²) in [5, 5.41) is 8.78. The van der Waals surface area contributed by atoms with Gasteiger partial charge in [0.1, 0.15) is 0 Å². The predicted molar refractivity (Wildman–Crippen MR) is 65.1 cm³/mol. The van der Waals surface area contributed by atoms with Crippen molar-refractivity contribution in [2.24, 2.45) is 5.92 Å². The normalized spacial score (nSPS) is 19.4. The first-order valence-electron chi connectivity index (χ1n) is 6.01. The number of carbonyl (C=O) groups is 1. The van der Waals surface area contributed by atoms with Crippen LogP contribution in [0.3, 0.4) is 0 Å². The molecular weight excluding hydrogens is 212 g/mol. The van der Waals surface area contributed by atoms with Gasteiger partial charge >= 0.3 is 0 Å². The van der Waals surface area contributed by atoms with Crippen molar-refractivity contribution in [1.82, 2.24) is 4.90 Å². The molecule has 0 saturated carbocycles. The molecule has 0 aromatic heterocycles. The molecule has 88 valence electrons. The lowest BCUT2D eigenvalue weighted by Gasteiger charge is -2.15. The van der Waals surface area contributed by atoms with Gasteiger partial charge in [0.2, 0.25) is 5.91 Å². The lowest BCUT2D eigenvalue weighted by atomic mass is 10.1. The first-order valence-corrected chi connectivity index (χ1v) is 6.01. The standard InChI is InChI=1S/C14H16N2O/c15-10-13-9-14(17)16(11-13)8-4-7-12-5-2-1-3-6-12/h1-3,5-6,13H,4,7-9,11H2. The molecule has 0 aliphatic carbocycles. The van der Waals surface area contributed by atoms with Crippen LogP contribution in [-0.2, 0) is 11.2 Å². The SMILES string of the molecule is N#CC1CC(=O)N(CCCc2ccccc2)C1. The van der Waals surface area contributed by atoms with E-state index in [1.165, 1.54) is 5.56 Å². The van der Waals surface area contributed by atoms with Gasteiger partial charge < -0.3 is 4.90 Å². The van der Waals surface area contributed by atoms with Crippen molar-refractivity contribution in [3.05, 3.63) is 35.9 Å². The zero-order valence-electron chi connectivity index (χ0n) is 9.80. The number of amides is 1. The van der Waals surface area contributed by atoms with Crippen LogP contribution in [0.2, 0.25) is 0 Å². The number of hydrogen-bond donors (Lipinski definition) is 0. The van der Waals surface area contributed by atoms with Gasteiger partial charge in [0, 0.05) is 19.5 Å². The minimum Gasteiger partial charge on any atom is -0.341 e. The number of carbonyl (C=O) groups excluding carboxylic acids is 1. The Labute approximate surface area is 102 Å². The number of hydrogen-bond acceptors (Lipinski definition) is 2. The molecule has 3 nitrogen and oxygen atoms in total. The zero-order chi connectivity index (χ0) is 12.1. The van der Waals surface area contributed by atoms with Gasteiger partial charge in [-0.25, -0.2) is 0 Å². The van der Waals surface area contributed by atoms with E-state index in [-0.39, 0.29) is 11.8 Å². The van der Waals surface area contributed by atoms with E-state index in [1.807, 2.05) is 23.1 Å². The van der Waals surface area contributed by atoms with Crippen LogP contribution in [-0.4, -0.2) is 23.9 Å². The molecule has 1 atom stereocenters. The van der Waals surface area contributed by atoms with E-state index in [1.54, 1.807) is 0 Å². The molecule has 1 heterocycles. The first-order chi connectivity index (χ1) is 8.29. The number of aryl methyl sites for hydroxylation is 1. The van der Waals surface area contributed by atoms with E-state index in [4.69, 9.17) is 5.26 Å². The molecule has 1 aromatic rings. The van der Waals surface area contributed by atoms with E-state index in [0.29, 0.717) is 13.0 Å². The summed E-state index contributed by atoms with van der Waals surface area (Å²) in [7, 11) is 0. The molecule has 1 saturated heterocycles. The average molecular weight is 228 g/mol. The van der Waals surface area contributed by atoms with Crippen LogP contribution < -0.4 is 0 Å². The molecule has 17 heavy (non-hydrogen) atoms. The van der Waals surface area contributed by atoms with Crippen molar-refractivity contribution in [2.75, 3.05) is 13.1 Å². The Morgan fingerprint density at radius 2 is 2.12 bits per heavy atom. The Bertz CT molecular complexity index is 422. The summed E-state index contributed by atoms with van der Waals surface area (Å²) in [4.78, 5) is 13.4. The summed E-state index contributed by atoms with van der Waals surface area (Å²) in [5.74, 6) is 0.0313. The molecule has 3 heteroatoms. The van der Waals surface area contributed by atoms with Crippen molar-refractivity contribution >= 4 is 5.91 Å². The highest BCUT2D eigenvalue weighted by atomic mass is 16.2. The van der Waals surface area contributed by atoms with Crippen LogP contribution in [0.25, 0.3) is 0 Å². The Morgan fingerprint density at radius 1 is 1.35 bits per heavy atom. The fourth-order valence-corrected chi connectivity index (χ4v) is 2.19. The lowest BCUT2D eigenvalue weighted by molar-refractivity contribution is -0.127. The molecule has 1 aliphatic heterocycles. The molecule has 0 bridgehead atoms. The third-order valence-electron chi connectivity index (χ3n) is 3.13. The zero-order valence-corrected chi connectivity index (χ0v) is 9.80. The summed E-state index contributed by atoms with van der Waals surface area (Å²) >= 11 is 0. The van der Waals surface area contributed by atoms with Crippen LogP contribution in [0.4, 0.5) is 0 Å². The van der Waals surface area contributed by atoms with Gasteiger partial charge in [-0.15, -0.1) is 0 Å². The average Bonchev–Trinajstić information content (AvgIpc) is 2.72. The summed E-state index contributed by atoms with van der Waals surface area (Å²) < 4.78 is 0. The van der Waals surface area contributed by atoms with Crippen molar-refractivity contribution in [3.63, 3.8) is 0 Å². The molecule has 0 radical (unpaired) electrons. The Balaban J connectivity index is 1.76. The predicted octanol–water partition coefficient (Wildman–Crippen LogP) is 1.99. The van der Waals surface area contributed by atoms with E-state index >= 15 is 0 Å². The van der Waals surface area contributed by atoms with Gasteiger partial charge in [0.05, 0.1) is 12.0 Å². The van der Waals surface area contributed by atoms with Gasteiger partial charge in [0.15, 0.2) is 0 Å². The second-order valence-corrected chi connectivity index (χ2v) is 4.46. The number of rotatable bonds is 4. The smallest absolute Gasteiger partial charge is 0.224 e. The Hall–Kier alpha value is -1.82. The summed E-state index contributed by atoms with van der Waals surface area (Å²) in [6.45, 7) is 1.38. The highest BCUT2D eigenvalue weighted by Crippen LogP contribution is 2.17. The van der Waals surface area contributed by atoms with E-state index in [0.717, 1.165) is 19.4 Å². The maximum absolute atomic E-state index is 11.6. The summed E-state index contributed by atoms with van der Waals surface area (Å²) in [5.41, 5.74) is 1.30. The highest BCUT2D eigenvalue weighted by Gasteiger charge is 2.28. The van der Waals surface area contributed by atoms with Crippen molar-refractivity contribution in [3.8, 4) is 6.07 Å². The number of nitrogens with zero attached hydrogens (tertiary/aromatic N) is 2. The Morgan fingerprint density at radius 3 is 2.76 bits per heavy atom. The van der Waals surface area contributed by atoms with Gasteiger partial charge in [-0.2, -0.15) is 5.26 Å². The maximum Gasteiger partial charge on any atom is 0.224 e. The minimum atomic E-state index is -0.0979. The second kappa shape index (κ2) is 5.49. The molecular formula is C14H16N2O. The van der Waals surface area contributed by atoms with Gasteiger partial charge in [-0.05, 0) is 18.4 Å². The largest absolute Gasteiger partial charge is 0.341 e. The molecule has 1 aromatic carbocycles. The molecule has 1 unspecified atom stereocenters. The number of benzene rings is 1. The van der Waals surface area contributed by atoms with Crippen LogP contribution >= 0.6 is 0 Å². The molecule has 2 rings (SSSR count). The summed E-state index contributed by atoms with van der Waals surface area (Å²) in [6.07, 6.45) is 2.36. The minimum absolute atomic E-state index is 0.0979. The second-order valence-electron chi connectivity index (χ2n) is 4.46. The third-order valence-corrected chi connectivity index (χ3v) is 3.13. The molecule has 1 fully saturated rings. The van der Waals surface area contributed by atoms with Gasteiger partial charge in [-0.1, -0.05) is 30.3 Å². The first kappa shape index (κ1) is 11.7. The Kier molecular flexibility index (Phi) is 3.77. The molecule has 1 aliphatic rings. The van der Waals surface area contributed by atoms with Crippen LogP contribution in [0.15, 0.2) is 30.3 Å². The molecule has 1 amide bonds. The van der Waals surface area contributed by atoms with Crippen LogP contribution in [0, 0.1) is 17.2 Å². The summed E-state index contributed by atoms with van der Waals surface area (Å²) in [6, 6.07) is 12.4. The van der Waals surface area contributed by atoms with E-state index < -0.39 is 0 Å². The van der Waals surface area contributed by atoms with Crippen LogP contribution in [0.1, 0.15) is 18.4 Å². The lowest BCUT2D eigenvalue weighted by Crippen LogP contribution is -2.26.